The Balaban J connectivity index is 2.33. The van der Waals surface area contributed by atoms with Crippen molar-refractivity contribution in [3.63, 3.8) is 0 Å². The number of benzene rings is 2. The van der Waals surface area contributed by atoms with E-state index in [9.17, 15) is 19.8 Å². The number of aryl methyl sites for hydroxylation is 1. The summed E-state index contributed by atoms with van der Waals surface area (Å²) in [7, 11) is 0. The molecule has 3 N–H and O–H groups in total. The normalized spacial score (nSPS) is 20.2. The molecule has 0 radical (unpaired) electrons. The number of para-hydroxylation sites is 1. The Morgan fingerprint density at radius 3 is 2.43 bits per heavy atom. The average molecular weight is 382 g/mol. The van der Waals surface area contributed by atoms with Gasteiger partial charge in [-0.3, -0.25) is 4.90 Å². The molecule has 0 bridgehead atoms. The molecule has 1 atom stereocenters. The summed E-state index contributed by atoms with van der Waals surface area (Å²) in [6.45, 7) is 8.01. The molecule has 0 aliphatic carbocycles. The van der Waals surface area contributed by atoms with Gasteiger partial charge in [0.25, 0.3) is 0 Å². The van der Waals surface area contributed by atoms with Crippen molar-refractivity contribution in [2.24, 2.45) is 0 Å². The maximum Gasteiger partial charge on any atom is 0.323 e. The lowest BCUT2D eigenvalue weighted by molar-refractivity contribution is -0.208. The van der Waals surface area contributed by atoms with Gasteiger partial charge in [0.2, 0.25) is 5.79 Å². The van der Waals surface area contributed by atoms with Crippen LogP contribution in [0.5, 0.6) is 0 Å². The van der Waals surface area contributed by atoms with Crippen LogP contribution in [0, 0.1) is 6.92 Å². The first-order valence-corrected chi connectivity index (χ1v) is 9.42. The highest BCUT2D eigenvalue weighted by Gasteiger charge is 2.65. The molecule has 28 heavy (non-hydrogen) atoms. The molecule has 2 aromatic carbocycles. The topological polar surface area (TPSA) is 89.9 Å². The van der Waals surface area contributed by atoms with Crippen molar-refractivity contribution in [2.75, 3.05) is 11.4 Å². The molecule has 0 saturated carbocycles. The minimum Gasteiger partial charge on any atom is -0.359 e. The third-order valence-electron chi connectivity index (χ3n) is 5.43. The maximum atomic E-state index is 13.0. The number of carbonyl (C=O) groups is 2. The summed E-state index contributed by atoms with van der Waals surface area (Å²) >= 11 is 0. The number of nitrogens with zero attached hydrogens (tertiary/aromatic N) is 1. The second-order valence-corrected chi connectivity index (χ2v) is 7.47. The molecule has 0 aromatic heterocycles. The largest absolute Gasteiger partial charge is 0.359 e. The molecule has 1 aliphatic rings. The highest BCUT2D eigenvalue weighted by Crippen LogP contribution is 2.54. The van der Waals surface area contributed by atoms with Gasteiger partial charge in [-0.1, -0.05) is 50.2 Å². The van der Waals surface area contributed by atoms with E-state index in [1.807, 2.05) is 12.1 Å². The molecular formula is C22H26N2O4. The summed E-state index contributed by atoms with van der Waals surface area (Å²) in [6, 6.07) is 11.4. The van der Waals surface area contributed by atoms with Gasteiger partial charge < -0.3 is 20.3 Å². The minimum absolute atomic E-state index is 0.112. The molecule has 3 rings (SSSR count). The van der Waals surface area contributed by atoms with E-state index in [0.29, 0.717) is 24.0 Å². The van der Waals surface area contributed by atoms with E-state index in [0.717, 1.165) is 10.5 Å². The summed E-state index contributed by atoms with van der Waals surface area (Å²) in [5.74, 6) is -2.31. The third-order valence-corrected chi connectivity index (χ3v) is 5.43. The predicted octanol–water partition coefficient (Wildman–Crippen LogP) is 2.90. The zero-order chi connectivity index (χ0) is 20.7. The third kappa shape index (κ3) is 2.64. The summed E-state index contributed by atoms with van der Waals surface area (Å²) in [4.78, 5) is 26.7. The first-order valence-electron chi connectivity index (χ1n) is 9.42. The smallest absolute Gasteiger partial charge is 0.323 e. The Bertz CT molecular complexity index is 923. The van der Waals surface area contributed by atoms with Crippen molar-refractivity contribution < 1.29 is 19.8 Å². The molecule has 0 saturated heterocycles. The zero-order valence-corrected chi connectivity index (χ0v) is 16.6. The second kappa shape index (κ2) is 7.04. The Hall–Kier alpha value is -2.70. The van der Waals surface area contributed by atoms with Crippen LogP contribution in [0.25, 0.3) is 0 Å². The molecule has 6 heteroatoms. The van der Waals surface area contributed by atoms with Crippen LogP contribution in [0.4, 0.5) is 10.5 Å². The number of hydrogen-bond acceptors (Lipinski definition) is 4. The number of rotatable bonds is 4. The Labute approximate surface area is 164 Å². The quantitative estimate of drug-likeness (QED) is 0.560. The summed E-state index contributed by atoms with van der Waals surface area (Å²) in [5.41, 5.74) is 0.532. The molecule has 1 aliphatic heterocycles. The molecule has 1 heterocycles. The van der Waals surface area contributed by atoms with Crippen LogP contribution in [0.3, 0.4) is 0 Å². The Morgan fingerprint density at radius 2 is 1.86 bits per heavy atom. The van der Waals surface area contributed by atoms with Gasteiger partial charge in [0.05, 0.1) is 5.69 Å². The van der Waals surface area contributed by atoms with Crippen LogP contribution in [0.1, 0.15) is 48.9 Å². The van der Waals surface area contributed by atoms with E-state index in [2.05, 4.69) is 19.2 Å². The molecule has 148 valence electrons. The van der Waals surface area contributed by atoms with E-state index in [4.69, 9.17) is 0 Å². The molecule has 6 nitrogen and oxygen atoms in total. The standard InChI is InChI=1S/C22H26N2O4/c1-5-23-20(26)24-19-9-7-6-8-18(19)22(27,28)21(24,13-25)17-11-10-16(14(2)3)12-15(17)4/h6-14,27-28H,5H2,1-4H3,(H,23,26). The molecule has 0 fully saturated rings. The Kier molecular flexibility index (Phi) is 5.04. The SMILES string of the molecule is CCNC(=O)N1c2ccccc2C(O)(O)C1(C=O)c1ccc(C(C)C)cc1C. The predicted molar refractivity (Wildman–Crippen MR) is 107 cm³/mol. The monoisotopic (exact) mass is 382 g/mol. The van der Waals surface area contributed by atoms with Crippen LogP contribution in [0.15, 0.2) is 42.5 Å². The number of urea groups is 1. The lowest BCUT2D eigenvalue weighted by Gasteiger charge is -2.41. The fourth-order valence-corrected chi connectivity index (χ4v) is 3.99. The summed E-state index contributed by atoms with van der Waals surface area (Å²) in [5, 5.41) is 25.1. The van der Waals surface area contributed by atoms with E-state index in [1.54, 1.807) is 38.1 Å². The van der Waals surface area contributed by atoms with Crippen LogP contribution in [-0.2, 0) is 16.1 Å². The molecule has 0 spiro atoms. The second-order valence-electron chi connectivity index (χ2n) is 7.47. The van der Waals surface area contributed by atoms with Crippen molar-refractivity contribution in [3.8, 4) is 0 Å². The van der Waals surface area contributed by atoms with Gasteiger partial charge >= 0.3 is 6.03 Å². The number of anilines is 1. The Morgan fingerprint density at radius 1 is 1.18 bits per heavy atom. The highest BCUT2D eigenvalue weighted by molar-refractivity contribution is 6.03. The van der Waals surface area contributed by atoms with Crippen molar-refractivity contribution in [3.05, 3.63) is 64.7 Å². The van der Waals surface area contributed by atoms with Crippen LogP contribution in [-0.4, -0.2) is 29.1 Å². The van der Waals surface area contributed by atoms with Crippen molar-refractivity contribution >= 4 is 18.0 Å². The zero-order valence-electron chi connectivity index (χ0n) is 16.6. The fraction of sp³-hybridized carbons (Fsp3) is 0.364. The number of aldehydes is 1. The number of fused-ring (bicyclic) bond motifs is 1. The van der Waals surface area contributed by atoms with Crippen LogP contribution < -0.4 is 10.2 Å². The van der Waals surface area contributed by atoms with Crippen LogP contribution >= 0.6 is 0 Å². The first kappa shape index (κ1) is 20.0. The van der Waals surface area contributed by atoms with E-state index >= 15 is 0 Å². The summed E-state index contributed by atoms with van der Waals surface area (Å²) in [6.07, 6.45) is 0.458. The van der Waals surface area contributed by atoms with Gasteiger partial charge in [0, 0.05) is 12.1 Å². The summed E-state index contributed by atoms with van der Waals surface area (Å²) < 4.78 is 0. The van der Waals surface area contributed by atoms with E-state index in [-0.39, 0.29) is 17.2 Å². The van der Waals surface area contributed by atoms with Crippen molar-refractivity contribution in [1.82, 2.24) is 5.32 Å². The molecular weight excluding hydrogens is 356 g/mol. The van der Waals surface area contributed by atoms with Crippen LogP contribution in [0.2, 0.25) is 0 Å². The van der Waals surface area contributed by atoms with Gasteiger partial charge in [0.1, 0.15) is 0 Å². The maximum absolute atomic E-state index is 13.0. The lowest BCUT2D eigenvalue weighted by Crippen LogP contribution is -2.61. The molecule has 2 aromatic rings. The number of hydrogen-bond donors (Lipinski definition) is 3. The van der Waals surface area contributed by atoms with Gasteiger partial charge in [0.15, 0.2) is 11.8 Å². The first-order chi connectivity index (χ1) is 13.2. The van der Waals surface area contributed by atoms with E-state index in [1.165, 1.54) is 6.07 Å². The van der Waals surface area contributed by atoms with Gasteiger partial charge in [-0.25, -0.2) is 4.79 Å². The van der Waals surface area contributed by atoms with Gasteiger partial charge in [-0.05, 0) is 42.5 Å². The van der Waals surface area contributed by atoms with Gasteiger partial charge in [-0.2, -0.15) is 0 Å². The number of carbonyl (C=O) groups excluding carboxylic acids is 2. The minimum atomic E-state index is -2.58. The molecule has 2 amide bonds. The number of nitrogens with one attached hydrogen (secondary N) is 1. The van der Waals surface area contributed by atoms with Crippen molar-refractivity contribution in [2.45, 2.75) is 44.9 Å². The highest BCUT2D eigenvalue weighted by atomic mass is 16.5. The molecule has 1 unspecified atom stereocenters. The van der Waals surface area contributed by atoms with Crippen molar-refractivity contribution in [1.29, 1.82) is 0 Å². The number of amides is 2. The lowest BCUT2D eigenvalue weighted by atomic mass is 9.79. The van der Waals surface area contributed by atoms with Gasteiger partial charge in [-0.15, -0.1) is 0 Å². The average Bonchev–Trinajstić information content (AvgIpc) is 2.86. The fourth-order valence-electron chi connectivity index (χ4n) is 3.99. The number of aliphatic hydroxyl groups is 2. The van der Waals surface area contributed by atoms with E-state index < -0.39 is 17.4 Å².